The Morgan fingerprint density at radius 1 is 0.909 bits per heavy atom. The molecule has 1 aromatic carbocycles. The summed E-state index contributed by atoms with van der Waals surface area (Å²) in [6.07, 6.45) is -8.33. The Labute approximate surface area is 125 Å². The maximum absolute atomic E-state index is 12.8. The summed E-state index contributed by atoms with van der Waals surface area (Å²) in [5, 5.41) is 0. The molecule has 0 heterocycles. The molecule has 0 spiro atoms. The van der Waals surface area contributed by atoms with Crippen molar-refractivity contribution in [2.75, 3.05) is 6.61 Å². The summed E-state index contributed by atoms with van der Waals surface area (Å²) in [5.41, 5.74) is -2.38. The van der Waals surface area contributed by atoms with Gasteiger partial charge >= 0.3 is 12.4 Å². The standard InChI is InChI=1S/C15H18F6O/c1-13(2,3)7-4-8-22-12-9-10(14(16,17)18)5-6-11(12)15(19,20)21/h5-6,9H,4,7-8H2,1-3H3. The second-order valence-electron chi connectivity index (χ2n) is 6.22. The molecular formula is C15H18F6O. The second kappa shape index (κ2) is 6.38. The van der Waals surface area contributed by atoms with Gasteiger partial charge in [-0.25, -0.2) is 0 Å². The van der Waals surface area contributed by atoms with E-state index in [0.717, 1.165) is 0 Å². The maximum Gasteiger partial charge on any atom is 0.419 e. The van der Waals surface area contributed by atoms with Gasteiger partial charge in [0.05, 0.1) is 17.7 Å². The average Bonchev–Trinajstić information content (AvgIpc) is 2.31. The highest BCUT2D eigenvalue weighted by molar-refractivity contribution is 5.40. The summed E-state index contributed by atoms with van der Waals surface area (Å²) in [5.74, 6) is -0.781. The average molecular weight is 328 g/mol. The van der Waals surface area contributed by atoms with Crippen molar-refractivity contribution in [3.8, 4) is 5.75 Å². The predicted molar refractivity (Wildman–Crippen MR) is 70.6 cm³/mol. The molecule has 22 heavy (non-hydrogen) atoms. The topological polar surface area (TPSA) is 9.23 Å². The van der Waals surface area contributed by atoms with E-state index in [2.05, 4.69) is 0 Å². The van der Waals surface area contributed by atoms with Crippen LogP contribution >= 0.6 is 0 Å². The lowest BCUT2D eigenvalue weighted by molar-refractivity contribution is -0.142. The zero-order valence-electron chi connectivity index (χ0n) is 12.5. The summed E-state index contributed by atoms with van der Waals surface area (Å²) >= 11 is 0. The van der Waals surface area contributed by atoms with Crippen LogP contribution in [0.2, 0.25) is 0 Å². The summed E-state index contributed by atoms with van der Waals surface area (Å²) in [4.78, 5) is 0. The number of alkyl halides is 6. The largest absolute Gasteiger partial charge is 0.493 e. The van der Waals surface area contributed by atoms with E-state index in [-0.39, 0.29) is 12.0 Å². The van der Waals surface area contributed by atoms with Crippen LogP contribution in [0.4, 0.5) is 26.3 Å². The van der Waals surface area contributed by atoms with E-state index in [1.807, 2.05) is 20.8 Å². The predicted octanol–water partition coefficient (Wildman–Crippen LogP) is 5.93. The van der Waals surface area contributed by atoms with Crippen LogP contribution in [0.3, 0.4) is 0 Å². The molecule has 0 aliphatic heterocycles. The third kappa shape index (κ3) is 5.77. The minimum atomic E-state index is -4.76. The van der Waals surface area contributed by atoms with Crippen molar-refractivity contribution < 1.29 is 31.1 Å². The first-order valence-corrected chi connectivity index (χ1v) is 6.72. The van der Waals surface area contributed by atoms with Crippen molar-refractivity contribution >= 4 is 0 Å². The third-order valence-electron chi connectivity index (χ3n) is 2.94. The van der Waals surface area contributed by atoms with Crippen molar-refractivity contribution in [1.29, 1.82) is 0 Å². The Morgan fingerprint density at radius 3 is 1.95 bits per heavy atom. The van der Waals surface area contributed by atoms with Crippen molar-refractivity contribution in [3.63, 3.8) is 0 Å². The first kappa shape index (κ1) is 18.6. The van der Waals surface area contributed by atoms with Crippen LogP contribution in [0.15, 0.2) is 18.2 Å². The van der Waals surface area contributed by atoms with Crippen LogP contribution in [-0.4, -0.2) is 6.61 Å². The van der Waals surface area contributed by atoms with Gasteiger partial charge in [-0.1, -0.05) is 20.8 Å². The monoisotopic (exact) mass is 328 g/mol. The van der Waals surface area contributed by atoms with Gasteiger partial charge in [0.25, 0.3) is 0 Å². The molecule has 0 radical (unpaired) electrons. The lowest BCUT2D eigenvalue weighted by Crippen LogP contribution is -2.13. The Kier molecular flexibility index (Phi) is 5.41. The second-order valence-corrected chi connectivity index (χ2v) is 6.22. The van der Waals surface area contributed by atoms with E-state index in [0.29, 0.717) is 31.0 Å². The highest BCUT2D eigenvalue weighted by Gasteiger charge is 2.37. The van der Waals surface area contributed by atoms with Crippen LogP contribution in [0.1, 0.15) is 44.7 Å². The maximum atomic E-state index is 12.8. The van der Waals surface area contributed by atoms with Gasteiger partial charge in [-0.2, -0.15) is 26.3 Å². The molecule has 0 atom stereocenters. The third-order valence-corrected chi connectivity index (χ3v) is 2.94. The Bertz CT molecular complexity index is 496. The summed E-state index contributed by atoms with van der Waals surface area (Å²) < 4.78 is 81.2. The molecule has 0 saturated heterocycles. The molecule has 0 bridgehead atoms. The quantitative estimate of drug-likeness (QED) is 0.492. The van der Waals surface area contributed by atoms with Crippen molar-refractivity contribution in [3.05, 3.63) is 29.3 Å². The Morgan fingerprint density at radius 2 is 1.50 bits per heavy atom. The summed E-state index contributed by atoms with van der Waals surface area (Å²) in [6, 6.07) is 1.21. The molecule has 1 aromatic rings. The molecule has 7 heteroatoms. The van der Waals surface area contributed by atoms with Gasteiger partial charge < -0.3 is 4.74 Å². The Hall–Kier alpha value is -1.40. The van der Waals surface area contributed by atoms with Crippen LogP contribution in [0.25, 0.3) is 0 Å². The Balaban J connectivity index is 2.93. The fraction of sp³-hybridized carbons (Fsp3) is 0.600. The summed E-state index contributed by atoms with van der Waals surface area (Å²) in [7, 11) is 0. The van der Waals surface area contributed by atoms with Gasteiger partial charge in [0, 0.05) is 0 Å². The minimum absolute atomic E-state index is 0.0238. The highest BCUT2D eigenvalue weighted by Crippen LogP contribution is 2.40. The van der Waals surface area contributed by atoms with Gasteiger partial charge in [-0.05, 0) is 36.5 Å². The van der Waals surface area contributed by atoms with Crippen molar-refractivity contribution in [1.82, 2.24) is 0 Å². The van der Waals surface area contributed by atoms with Gasteiger partial charge in [0.2, 0.25) is 0 Å². The fourth-order valence-corrected chi connectivity index (χ4v) is 1.84. The van der Waals surface area contributed by atoms with Gasteiger partial charge in [-0.15, -0.1) is 0 Å². The number of hydrogen-bond acceptors (Lipinski definition) is 1. The molecule has 0 N–H and O–H groups in total. The number of benzene rings is 1. The van der Waals surface area contributed by atoms with Gasteiger partial charge in [0.1, 0.15) is 5.75 Å². The molecule has 0 amide bonds. The van der Waals surface area contributed by atoms with Crippen LogP contribution < -0.4 is 4.74 Å². The normalized spacial score (nSPS) is 13.3. The SMILES string of the molecule is CC(C)(C)CCCOc1cc(C(F)(F)F)ccc1C(F)(F)F. The zero-order chi connectivity index (χ0) is 17.2. The minimum Gasteiger partial charge on any atom is -0.493 e. The molecule has 0 aromatic heterocycles. The molecule has 1 rings (SSSR count). The number of ether oxygens (including phenoxy) is 1. The van der Waals surface area contributed by atoms with Crippen molar-refractivity contribution in [2.24, 2.45) is 5.41 Å². The van der Waals surface area contributed by atoms with Crippen molar-refractivity contribution in [2.45, 2.75) is 46.0 Å². The molecule has 1 nitrogen and oxygen atoms in total. The molecule has 0 aliphatic rings. The first-order valence-electron chi connectivity index (χ1n) is 6.72. The van der Waals surface area contributed by atoms with E-state index in [1.54, 1.807) is 0 Å². The molecular weight excluding hydrogens is 310 g/mol. The van der Waals surface area contributed by atoms with Gasteiger partial charge in [0.15, 0.2) is 0 Å². The smallest absolute Gasteiger partial charge is 0.419 e. The lowest BCUT2D eigenvalue weighted by Gasteiger charge is -2.19. The highest BCUT2D eigenvalue weighted by atomic mass is 19.4. The first-order chi connectivity index (χ1) is 9.81. The van der Waals surface area contributed by atoms with Crippen LogP contribution in [-0.2, 0) is 12.4 Å². The molecule has 0 fully saturated rings. The van der Waals surface area contributed by atoms with E-state index in [1.165, 1.54) is 0 Å². The van der Waals surface area contributed by atoms with E-state index in [4.69, 9.17) is 4.74 Å². The van der Waals surface area contributed by atoms with E-state index in [9.17, 15) is 26.3 Å². The molecule has 0 unspecified atom stereocenters. The molecule has 0 aliphatic carbocycles. The summed E-state index contributed by atoms with van der Waals surface area (Å²) in [6.45, 7) is 5.80. The van der Waals surface area contributed by atoms with Crippen LogP contribution in [0, 0.1) is 5.41 Å². The number of rotatable bonds is 4. The number of hydrogen-bond donors (Lipinski definition) is 0. The fourth-order valence-electron chi connectivity index (χ4n) is 1.84. The molecule has 0 saturated carbocycles. The van der Waals surface area contributed by atoms with E-state index < -0.39 is 29.2 Å². The molecule has 126 valence electrons. The zero-order valence-corrected chi connectivity index (χ0v) is 12.5. The van der Waals surface area contributed by atoms with Crippen LogP contribution in [0.5, 0.6) is 5.75 Å². The number of halogens is 6. The van der Waals surface area contributed by atoms with E-state index >= 15 is 0 Å². The van der Waals surface area contributed by atoms with Gasteiger partial charge in [-0.3, -0.25) is 0 Å². The lowest BCUT2D eigenvalue weighted by atomic mass is 9.91.